The fraction of sp³-hybridized carbons (Fsp3) is 0.348. The molecule has 2 aliphatic heterocycles. The number of fused-ring (bicyclic) bond motifs is 1. The van der Waals surface area contributed by atoms with Crippen molar-refractivity contribution in [2.24, 2.45) is 0 Å². The summed E-state index contributed by atoms with van der Waals surface area (Å²) in [6, 6.07) is 12.1. The van der Waals surface area contributed by atoms with Gasteiger partial charge in [-0.3, -0.25) is 9.59 Å². The number of amides is 2. The predicted octanol–water partition coefficient (Wildman–Crippen LogP) is 2.38. The zero-order valence-corrected chi connectivity index (χ0v) is 17.5. The second kappa shape index (κ2) is 8.22. The summed E-state index contributed by atoms with van der Waals surface area (Å²) < 4.78 is 29.2. The lowest BCUT2D eigenvalue weighted by Crippen LogP contribution is -2.53. The third-order valence-corrected chi connectivity index (χ3v) is 6.14. The SMILES string of the molecule is O=C1CN(c2cccc3c2cnn3-c2ccccc2F)CCN1CC(=O)N1CC[C@H](F)C1. The third kappa shape index (κ3) is 3.68. The number of benzene rings is 2. The molecule has 0 bridgehead atoms. The van der Waals surface area contributed by atoms with Crippen molar-refractivity contribution >= 4 is 28.4 Å². The van der Waals surface area contributed by atoms with Crippen LogP contribution in [0.5, 0.6) is 0 Å². The molecule has 2 aliphatic rings. The standard InChI is InChI=1S/C23H23F2N5O2/c24-16-8-9-28(13-16)23(32)15-29-11-10-27(14-22(29)31)19-6-3-7-20-17(19)12-26-30(20)21-5-2-1-4-18(21)25/h1-7,12,16H,8-11,13-15H2/t16-/m0/s1. The first-order chi connectivity index (χ1) is 15.5. The fourth-order valence-electron chi connectivity index (χ4n) is 4.42. The summed E-state index contributed by atoms with van der Waals surface area (Å²) >= 11 is 0. The van der Waals surface area contributed by atoms with Crippen molar-refractivity contribution in [2.45, 2.75) is 12.6 Å². The van der Waals surface area contributed by atoms with Gasteiger partial charge in [-0.15, -0.1) is 0 Å². The van der Waals surface area contributed by atoms with E-state index in [1.807, 2.05) is 23.1 Å². The summed E-state index contributed by atoms with van der Waals surface area (Å²) in [6.45, 7) is 1.57. The van der Waals surface area contributed by atoms with Crippen molar-refractivity contribution < 1.29 is 18.4 Å². The molecule has 3 heterocycles. The van der Waals surface area contributed by atoms with E-state index in [-0.39, 0.29) is 37.3 Å². The molecule has 1 aromatic heterocycles. The van der Waals surface area contributed by atoms with E-state index in [0.717, 1.165) is 16.6 Å². The highest BCUT2D eigenvalue weighted by molar-refractivity contribution is 5.95. The monoisotopic (exact) mass is 439 g/mol. The molecule has 2 amide bonds. The summed E-state index contributed by atoms with van der Waals surface area (Å²) in [5.74, 6) is -0.729. The Morgan fingerprint density at radius 2 is 1.88 bits per heavy atom. The van der Waals surface area contributed by atoms with Gasteiger partial charge in [0.15, 0.2) is 0 Å². The van der Waals surface area contributed by atoms with Gasteiger partial charge in [-0.05, 0) is 30.7 Å². The number of para-hydroxylation sites is 1. The van der Waals surface area contributed by atoms with Gasteiger partial charge in [0.1, 0.15) is 17.7 Å². The average molecular weight is 439 g/mol. The summed E-state index contributed by atoms with van der Waals surface area (Å²) in [6.07, 6.45) is 1.06. The molecule has 0 unspecified atom stereocenters. The van der Waals surface area contributed by atoms with Crippen LogP contribution >= 0.6 is 0 Å². The van der Waals surface area contributed by atoms with Gasteiger partial charge in [-0.2, -0.15) is 5.10 Å². The molecule has 1 atom stereocenters. The first-order valence-electron chi connectivity index (χ1n) is 10.7. The van der Waals surface area contributed by atoms with E-state index < -0.39 is 6.17 Å². The minimum Gasteiger partial charge on any atom is -0.360 e. The van der Waals surface area contributed by atoms with Gasteiger partial charge in [-0.1, -0.05) is 18.2 Å². The summed E-state index contributed by atoms with van der Waals surface area (Å²) in [4.78, 5) is 30.1. The van der Waals surface area contributed by atoms with Gasteiger partial charge in [0.2, 0.25) is 11.8 Å². The van der Waals surface area contributed by atoms with Crippen molar-refractivity contribution in [1.29, 1.82) is 0 Å². The van der Waals surface area contributed by atoms with Crippen LogP contribution in [-0.4, -0.2) is 76.8 Å². The van der Waals surface area contributed by atoms with Crippen LogP contribution in [0, 0.1) is 5.82 Å². The third-order valence-electron chi connectivity index (χ3n) is 6.14. The van der Waals surface area contributed by atoms with E-state index in [9.17, 15) is 18.4 Å². The van der Waals surface area contributed by atoms with Crippen LogP contribution in [0.3, 0.4) is 0 Å². The van der Waals surface area contributed by atoms with E-state index >= 15 is 0 Å². The van der Waals surface area contributed by atoms with Crippen molar-refractivity contribution in [3.8, 4) is 5.69 Å². The molecule has 2 aromatic carbocycles. The largest absolute Gasteiger partial charge is 0.360 e. The summed E-state index contributed by atoms with van der Waals surface area (Å²) in [5, 5.41) is 5.20. The Morgan fingerprint density at radius 3 is 2.62 bits per heavy atom. The number of halogens is 2. The molecule has 9 heteroatoms. The molecule has 32 heavy (non-hydrogen) atoms. The Labute approximate surface area is 183 Å². The van der Waals surface area contributed by atoms with Crippen LogP contribution in [0.15, 0.2) is 48.7 Å². The molecule has 0 saturated carbocycles. The number of likely N-dealkylation sites (tertiary alicyclic amines) is 1. The van der Waals surface area contributed by atoms with E-state index in [4.69, 9.17) is 0 Å². The number of carbonyl (C=O) groups is 2. The van der Waals surface area contributed by atoms with Gasteiger partial charge >= 0.3 is 0 Å². The smallest absolute Gasteiger partial charge is 0.242 e. The molecule has 2 fully saturated rings. The Balaban J connectivity index is 1.33. The van der Waals surface area contributed by atoms with Gasteiger partial charge in [-0.25, -0.2) is 13.5 Å². The van der Waals surface area contributed by atoms with Gasteiger partial charge in [0.25, 0.3) is 0 Å². The molecule has 0 radical (unpaired) electrons. The van der Waals surface area contributed by atoms with Crippen LogP contribution in [0.2, 0.25) is 0 Å². The van der Waals surface area contributed by atoms with Crippen LogP contribution in [0.4, 0.5) is 14.5 Å². The predicted molar refractivity (Wildman–Crippen MR) is 116 cm³/mol. The molecule has 0 N–H and O–H groups in total. The van der Waals surface area contributed by atoms with Gasteiger partial charge in [0.05, 0.1) is 31.3 Å². The molecular weight excluding hydrogens is 416 g/mol. The van der Waals surface area contributed by atoms with Crippen LogP contribution < -0.4 is 4.90 Å². The Hall–Kier alpha value is -3.49. The number of hydrogen-bond acceptors (Lipinski definition) is 4. The molecule has 0 aliphatic carbocycles. The van der Waals surface area contributed by atoms with Crippen molar-refractivity contribution in [2.75, 3.05) is 44.2 Å². The van der Waals surface area contributed by atoms with Crippen molar-refractivity contribution in [3.05, 3.63) is 54.5 Å². The molecular formula is C23H23F2N5O2. The molecule has 166 valence electrons. The molecule has 3 aromatic rings. The maximum Gasteiger partial charge on any atom is 0.242 e. The number of nitrogens with zero attached hydrogens (tertiary/aromatic N) is 5. The first-order valence-corrected chi connectivity index (χ1v) is 10.7. The first kappa shape index (κ1) is 20.4. The number of hydrogen-bond donors (Lipinski definition) is 0. The van der Waals surface area contributed by atoms with Gasteiger partial charge < -0.3 is 14.7 Å². The molecule has 5 rings (SSSR count). The minimum absolute atomic E-state index is 0.0190. The maximum atomic E-state index is 14.3. The zero-order valence-electron chi connectivity index (χ0n) is 17.5. The van der Waals surface area contributed by atoms with E-state index in [2.05, 4.69) is 5.10 Å². The number of anilines is 1. The average Bonchev–Trinajstić information content (AvgIpc) is 3.42. The second-order valence-corrected chi connectivity index (χ2v) is 8.18. The van der Waals surface area contributed by atoms with E-state index in [1.165, 1.54) is 15.9 Å². The maximum absolute atomic E-state index is 14.3. The number of piperazine rings is 1. The van der Waals surface area contributed by atoms with Crippen LogP contribution in [0.1, 0.15) is 6.42 Å². The quantitative estimate of drug-likeness (QED) is 0.626. The highest BCUT2D eigenvalue weighted by atomic mass is 19.1. The summed E-state index contributed by atoms with van der Waals surface area (Å²) in [5.41, 5.74) is 1.94. The summed E-state index contributed by atoms with van der Waals surface area (Å²) in [7, 11) is 0. The normalized spacial score (nSPS) is 19.2. The Morgan fingerprint density at radius 1 is 1.06 bits per heavy atom. The second-order valence-electron chi connectivity index (χ2n) is 8.18. The molecule has 7 nitrogen and oxygen atoms in total. The highest BCUT2D eigenvalue weighted by Crippen LogP contribution is 2.30. The van der Waals surface area contributed by atoms with Crippen molar-refractivity contribution in [3.63, 3.8) is 0 Å². The van der Waals surface area contributed by atoms with Crippen LogP contribution in [-0.2, 0) is 9.59 Å². The lowest BCUT2D eigenvalue weighted by atomic mass is 10.1. The van der Waals surface area contributed by atoms with Crippen LogP contribution in [0.25, 0.3) is 16.6 Å². The fourth-order valence-corrected chi connectivity index (χ4v) is 4.42. The highest BCUT2D eigenvalue weighted by Gasteiger charge is 2.31. The zero-order chi connectivity index (χ0) is 22.2. The number of aromatic nitrogens is 2. The lowest BCUT2D eigenvalue weighted by molar-refractivity contribution is -0.140. The van der Waals surface area contributed by atoms with E-state index in [1.54, 1.807) is 29.1 Å². The Kier molecular flexibility index (Phi) is 5.24. The van der Waals surface area contributed by atoms with E-state index in [0.29, 0.717) is 31.7 Å². The molecule has 0 spiro atoms. The Bertz CT molecular complexity index is 1180. The number of alkyl halides is 1. The minimum atomic E-state index is -0.975. The van der Waals surface area contributed by atoms with Gasteiger partial charge in [0, 0.05) is 30.7 Å². The molecule has 2 saturated heterocycles. The number of carbonyl (C=O) groups excluding carboxylic acids is 2. The number of rotatable bonds is 4. The topological polar surface area (TPSA) is 61.7 Å². The lowest BCUT2D eigenvalue weighted by Gasteiger charge is -2.36. The van der Waals surface area contributed by atoms with Crippen molar-refractivity contribution in [1.82, 2.24) is 19.6 Å².